The normalized spacial score (nSPS) is 15.9. The van der Waals surface area contributed by atoms with Crippen LogP contribution in [0.25, 0.3) is 6.08 Å². The van der Waals surface area contributed by atoms with Crippen molar-refractivity contribution in [3.8, 4) is 11.5 Å². The molecule has 0 bridgehead atoms. The van der Waals surface area contributed by atoms with Gasteiger partial charge in [0.25, 0.3) is 11.8 Å². The molecule has 1 heterocycles. The molecule has 138 valence electrons. The molecule has 3 rings (SSSR count). The average molecular weight is 468 g/mol. The van der Waals surface area contributed by atoms with Crippen molar-refractivity contribution in [2.45, 2.75) is 0 Å². The molecule has 2 N–H and O–H groups in total. The number of halogens is 2. The quantitative estimate of drug-likeness (QED) is 0.409. The molecule has 0 atom stereocenters. The van der Waals surface area contributed by atoms with Gasteiger partial charge in [0.15, 0.2) is 16.6 Å². The van der Waals surface area contributed by atoms with Crippen LogP contribution in [-0.2, 0) is 9.59 Å². The number of carbonyl (C=O) groups is 2. The molecule has 1 saturated heterocycles. The molecule has 6 nitrogen and oxygen atoms in total. The summed E-state index contributed by atoms with van der Waals surface area (Å²) < 4.78 is 5.70. The van der Waals surface area contributed by atoms with Crippen LogP contribution < -0.4 is 15.0 Å². The minimum Gasteiger partial charge on any atom is -0.504 e. The summed E-state index contributed by atoms with van der Waals surface area (Å²) in [4.78, 5) is 26.5. The molecule has 27 heavy (non-hydrogen) atoms. The van der Waals surface area contributed by atoms with Gasteiger partial charge in [0, 0.05) is 15.1 Å². The smallest absolute Gasteiger partial charge is 0.270 e. The first-order valence-electron chi connectivity index (χ1n) is 7.55. The van der Waals surface area contributed by atoms with E-state index in [1.54, 1.807) is 36.4 Å². The monoisotopic (exact) mass is 466 g/mol. The summed E-state index contributed by atoms with van der Waals surface area (Å²) in [6.07, 6.45) is 1.28. The Morgan fingerprint density at radius 2 is 1.93 bits per heavy atom. The number of rotatable bonds is 3. The minimum atomic E-state index is -0.659. The van der Waals surface area contributed by atoms with Crippen LogP contribution in [0.4, 0.5) is 5.69 Å². The van der Waals surface area contributed by atoms with Crippen molar-refractivity contribution in [1.82, 2.24) is 5.32 Å². The third-order valence-corrected chi connectivity index (χ3v) is 4.77. The van der Waals surface area contributed by atoms with Crippen molar-refractivity contribution in [3.63, 3.8) is 0 Å². The number of nitrogens with one attached hydrogen (secondary N) is 1. The fraction of sp³-hybridized carbons (Fsp3) is 0.0556. The lowest BCUT2D eigenvalue weighted by Crippen LogP contribution is -2.54. The Hall–Kier alpha value is -2.42. The second kappa shape index (κ2) is 7.67. The van der Waals surface area contributed by atoms with Gasteiger partial charge in [-0.1, -0.05) is 27.5 Å². The minimum absolute atomic E-state index is 0.0412. The molecular formula is C18H12BrClN2O4S. The molecule has 0 unspecified atom stereocenters. The number of aromatic hydroxyl groups is 1. The van der Waals surface area contributed by atoms with Crippen LogP contribution in [0, 0.1) is 0 Å². The highest BCUT2D eigenvalue weighted by atomic mass is 79.9. The topological polar surface area (TPSA) is 78.9 Å². The van der Waals surface area contributed by atoms with Gasteiger partial charge in [-0.05, 0) is 54.7 Å². The summed E-state index contributed by atoms with van der Waals surface area (Å²) in [5.74, 6) is -1.28. The Balaban J connectivity index is 2.07. The van der Waals surface area contributed by atoms with E-state index in [4.69, 9.17) is 28.6 Å². The summed E-state index contributed by atoms with van der Waals surface area (Å²) in [6, 6.07) is 9.57. The predicted molar refractivity (Wildman–Crippen MR) is 110 cm³/mol. The van der Waals surface area contributed by atoms with Crippen LogP contribution in [-0.4, -0.2) is 29.1 Å². The number of benzene rings is 2. The summed E-state index contributed by atoms with van der Waals surface area (Å²) in [6.45, 7) is 0. The van der Waals surface area contributed by atoms with Gasteiger partial charge in [-0.2, -0.15) is 0 Å². The van der Waals surface area contributed by atoms with Crippen LogP contribution in [0.1, 0.15) is 5.56 Å². The number of methoxy groups -OCH3 is 1. The molecule has 1 fully saturated rings. The van der Waals surface area contributed by atoms with E-state index in [0.717, 1.165) is 0 Å². The number of amides is 2. The Morgan fingerprint density at radius 1 is 1.26 bits per heavy atom. The largest absolute Gasteiger partial charge is 0.504 e. The Labute approximate surface area is 173 Å². The number of phenols is 1. The molecule has 0 radical (unpaired) electrons. The van der Waals surface area contributed by atoms with Crippen LogP contribution in [0.5, 0.6) is 11.5 Å². The van der Waals surface area contributed by atoms with E-state index in [2.05, 4.69) is 21.2 Å². The first kappa shape index (κ1) is 19.3. The van der Waals surface area contributed by atoms with E-state index in [1.807, 2.05) is 0 Å². The van der Waals surface area contributed by atoms with Crippen molar-refractivity contribution >= 4 is 68.4 Å². The first-order valence-corrected chi connectivity index (χ1v) is 9.13. The number of anilines is 1. The highest BCUT2D eigenvalue weighted by molar-refractivity contribution is 9.10. The van der Waals surface area contributed by atoms with Gasteiger partial charge < -0.3 is 9.84 Å². The number of hydrogen-bond donors (Lipinski definition) is 2. The van der Waals surface area contributed by atoms with Crippen LogP contribution in [0.2, 0.25) is 5.02 Å². The Bertz CT molecular complexity index is 992. The van der Waals surface area contributed by atoms with Crippen LogP contribution >= 0.6 is 39.7 Å². The van der Waals surface area contributed by atoms with E-state index < -0.39 is 11.8 Å². The first-order chi connectivity index (χ1) is 12.8. The Kier molecular flexibility index (Phi) is 5.50. The Morgan fingerprint density at radius 3 is 2.56 bits per heavy atom. The second-order valence-corrected chi connectivity index (χ2v) is 7.22. The number of nitrogens with zero attached hydrogens (tertiary/aromatic N) is 1. The molecular weight excluding hydrogens is 456 g/mol. The van der Waals surface area contributed by atoms with Crippen LogP contribution in [0.15, 0.2) is 46.4 Å². The van der Waals surface area contributed by atoms with E-state index in [-0.39, 0.29) is 27.7 Å². The summed E-state index contributed by atoms with van der Waals surface area (Å²) in [7, 11) is 1.40. The molecule has 0 saturated carbocycles. The average Bonchev–Trinajstić information content (AvgIpc) is 2.62. The fourth-order valence-electron chi connectivity index (χ4n) is 2.50. The summed E-state index contributed by atoms with van der Waals surface area (Å²) in [5.41, 5.74) is 0.508. The predicted octanol–water partition coefficient (Wildman–Crippen LogP) is 3.65. The lowest BCUT2D eigenvalue weighted by Gasteiger charge is -2.29. The van der Waals surface area contributed by atoms with Gasteiger partial charge in [-0.3, -0.25) is 19.8 Å². The van der Waals surface area contributed by atoms with Gasteiger partial charge in [0.1, 0.15) is 5.57 Å². The van der Waals surface area contributed by atoms with Crippen LogP contribution in [0.3, 0.4) is 0 Å². The molecule has 2 aromatic rings. The van der Waals surface area contributed by atoms with E-state index in [0.29, 0.717) is 15.2 Å². The highest BCUT2D eigenvalue weighted by Gasteiger charge is 2.34. The van der Waals surface area contributed by atoms with Crippen molar-refractivity contribution in [1.29, 1.82) is 0 Å². The maximum Gasteiger partial charge on any atom is 0.270 e. The van der Waals surface area contributed by atoms with Gasteiger partial charge in [0.05, 0.1) is 12.8 Å². The van der Waals surface area contributed by atoms with Gasteiger partial charge in [0.2, 0.25) is 0 Å². The number of thiocarbonyl (C=S) groups is 1. The van der Waals surface area contributed by atoms with Gasteiger partial charge in [-0.15, -0.1) is 0 Å². The van der Waals surface area contributed by atoms with Crippen molar-refractivity contribution in [3.05, 3.63) is 57.0 Å². The summed E-state index contributed by atoms with van der Waals surface area (Å²) >= 11 is 14.3. The maximum atomic E-state index is 12.9. The number of carbonyl (C=O) groups excluding carboxylic acids is 2. The third-order valence-electron chi connectivity index (χ3n) is 3.78. The van der Waals surface area contributed by atoms with E-state index in [9.17, 15) is 14.7 Å². The van der Waals surface area contributed by atoms with Crippen molar-refractivity contribution in [2.75, 3.05) is 12.0 Å². The molecule has 9 heteroatoms. The van der Waals surface area contributed by atoms with E-state index in [1.165, 1.54) is 18.1 Å². The molecule has 0 spiro atoms. The fourth-order valence-corrected chi connectivity index (χ4v) is 3.36. The van der Waals surface area contributed by atoms with Crippen molar-refractivity contribution < 1.29 is 19.4 Å². The molecule has 2 amide bonds. The summed E-state index contributed by atoms with van der Waals surface area (Å²) in [5, 5.41) is 13.2. The second-order valence-electron chi connectivity index (χ2n) is 5.48. The zero-order chi connectivity index (χ0) is 19.7. The standard InChI is InChI=1S/C18H12BrClN2O4S/c1-26-14-8-10(19)6-9(15(14)23)7-13-16(24)21-18(27)22(17(13)25)12-4-2-11(20)3-5-12/h2-8,23H,1H3,(H,21,24,27). The maximum absolute atomic E-state index is 12.9. The lowest BCUT2D eigenvalue weighted by molar-refractivity contribution is -0.122. The van der Waals surface area contributed by atoms with Gasteiger partial charge >= 0.3 is 0 Å². The molecule has 1 aliphatic rings. The molecule has 0 aromatic heterocycles. The lowest BCUT2D eigenvalue weighted by atomic mass is 10.1. The third kappa shape index (κ3) is 3.83. The highest BCUT2D eigenvalue weighted by Crippen LogP contribution is 2.35. The number of ether oxygens (including phenoxy) is 1. The SMILES string of the molecule is COc1cc(Br)cc(C=C2C(=O)NC(=S)N(c3ccc(Cl)cc3)C2=O)c1O. The van der Waals surface area contributed by atoms with Gasteiger partial charge in [-0.25, -0.2) is 0 Å². The van der Waals surface area contributed by atoms with Crippen molar-refractivity contribution in [2.24, 2.45) is 0 Å². The number of hydrogen-bond acceptors (Lipinski definition) is 5. The molecule has 0 aliphatic carbocycles. The molecule has 1 aliphatic heterocycles. The zero-order valence-corrected chi connectivity index (χ0v) is 17.0. The zero-order valence-electron chi connectivity index (χ0n) is 13.8. The van der Waals surface area contributed by atoms with E-state index >= 15 is 0 Å². The number of phenolic OH excluding ortho intramolecular Hbond substituents is 1. The molecule has 2 aromatic carbocycles.